The molecule has 114 valence electrons. The summed E-state index contributed by atoms with van der Waals surface area (Å²) in [6.07, 6.45) is 2.14. The first kappa shape index (κ1) is 15.9. The maximum absolute atomic E-state index is 13.7. The molecule has 6 heteroatoms. The highest BCUT2D eigenvalue weighted by Crippen LogP contribution is 2.23. The number of likely N-dealkylation sites (tertiary alicyclic amines) is 1. The standard InChI is InChI=1S/C15H18BrFN2O2/c1-2-3-6-19-9-10(7-14(19)20)15(21)18-13-5-4-11(16)8-12(13)17/h4-5,8,10H,2-3,6-7,9H2,1H3,(H,18,21)/t10-/m0/s1. The van der Waals surface area contributed by atoms with Gasteiger partial charge in [0.05, 0.1) is 11.6 Å². The number of nitrogens with zero attached hydrogens (tertiary/aromatic N) is 1. The van der Waals surface area contributed by atoms with Crippen LogP contribution in [0.2, 0.25) is 0 Å². The van der Waals surface area contributed by atoms with Crippen LogP contribution in [0.3, 0.4) is 0 Å². The van der Waals surface area contributed by atoms with E-state index in [1.165, 1.54) is 12.1 Å². The van der Waals surface area contributed by atoms with Crippen LogP contribution in [0, 0.1) is 11.7 Å². The fraction of sp³-hybridized carbons (Fsp3) is 0.467. The van der Waals surface area contributed by atoms with Crippen molar-refractivity contribution in [1.29, 1.82) is 0 Å². The van der Waals surface area contributed by atoms with Gasteiger partial charge in [0.1, 0.15) is 5.82 Å². The largest absolute Gasteiger partial charge is 0.342 e. The van der Waals surface area contributed by atoms with Crippen molar-refractivity contribution in [1.82, 2.24) is 4.90 Å². The first-order valence-corrected chi connectivity index (χ1v) is 7.84. The number of hydrogen-bond donors (Lipinski definition) is 1. The van der Waals surface area contributed by atoms with Crippen LogP contribution < -0.4 is 5.32 Å². The number of hydrogen-bond acceptors (Lipinski definition) is 2. The fourth-order valence-electron chi connectivity index (χ4n) is 2.34. The monoisotopic (exact) mass is 356 g/mol. The molecule has 0 spiro atoms. The molecule has 0 aromatic heterocycles. The third kappa shape index (κ3) is 4.03. The molecule has 2 rings (SSSR count). The van der Waals surface area contributed by atoms with Gasteiger partial charge in [-0.05, 0) is 24.6 Å². The van der Waals surface area contributed by atoms with Gasteiger partial charge in [-0.15, -0.1) is 0 Å². The Kier molecular flexibility index (Phi) is 5.33. The van der Waals surface area contributed by atoms with Crippen molar-refractivity contribution in [2.75, 3.05) is 18.4 Å². The van der Waals surface area contributed by atoms with Gasteiger partial charge in [0, 0.05) is 24.0 Å². The highest BCUT2D eigenvalue weighted by molar-refractivity contribution is 9.10. The molecule has 1 heterocycles. The summed E-state index contributed by atoms with van der Waals surface area (Å²) < 4.78 is 14.3. The number of carbonyl (C=O) groups excluding carboxylic acids is 2. The van der Waals surface area contributed by atoms with Crippen molar-refractivity contribution < 1.29 is 14.0 Å². The Morgan fingerprint density at radius 3 is 2.95 bits per heavy atom. The quantitative estimate of drug-likeness (QED) is 0.880. The number of rotatable bonds is 5. The van der Waals surface area contributed by atoms with E-state index < -0.39 is 11.7 Å². The van der Waals surface area contributed by atoms with Crippen LogP contribution in [0.5, 0.6) is 0 Å². The number of halogens is 2. The topological polar surface area (TPSA) is 49.4 Å². The second-order valence-electron chi connectivity index (χ2n) is 5.21. The van der Waals surface area contributed by atoms with Crippen LogP contribution in [0.4, 0.5) is 10.1 Å². The van der Waals surface area contributed by atoms with Crippen molar-refractivity contribution in [2.24, 2.45) is 5.92 Å². The first-order valence-electron chi connectivity index (χ1n) is 7.05. The van der Waals surface area contributed by atoms with Crippen molar-refractivity contribution in [3.8, 4) is 0 Å². The molecule has 1 saturated heterocycles. The molecule has 1 N–H and O–H groups in total. The molecule has 0 aliphatic carbocycles. The Bertz CT molecular complexity index is 550. The second-order valence-corrected chi connectivity index (χ2v) is 6.12. The molecule has 0 radical (unpaired) electrons. The SMILES string of the molecule is CCCCN1C[C@@H](C(=O)Nc2ccc(Br)cc2F)CC1=O. The summed E-state index contributed by atoms with van der Waals surface area (Å²) in [5, 5.41) is 2.56. The van der Waals surface area contributed by atoms with Gasteiger partial charge in [0.2, 0.25) is 11.8 Å². The number of benzene rings is 1. The zero-order valence-corrected chi connectivity index (χ0v) is 13.5. The van der Waals surface area contributed by atoms with Crippen molar-refractivity contribution in [3.05, 3.63) is 28.5 Å². The fourth-order valence-corrected chi connectivity index (χ4v) is 2.67. The van der Waals surface area contributed by atoms with E-state index in [1.807, 2.05) is 0 Å². The highest BCUT2D eigenvalue weighted by Gasteiger charge is 2.34. The van der Waals surface area contributed by atoms with E-state index in [0.29, 0.717) is 17.6 Å². The first-order chi connectivity index (χ1) is 10.0. The van der Waals surface area contributed by atoms with Crippen LogP contribution >= 0.6 is 15.9 Å². The summed E-state index contributed by atoms with van der Waals surface area (Å²) in [4.78, 5) is 25.7. The van der Waals surface area contributed by atoms with E-state index in [2.05, 4.69) is 28.2 Å². The molecule has 1 aliphatic rings. The average molecular weight is 357 g/mol. The van der Waals surface area contributed by atoms with Crippen LogP contribution in [-0.2, 0) is 9.59 Å². The molecule has 1 fully saturated rings. The Labute approximate surface area is 131 Å². The van der Waals surface area contributed by atoms with Crippen molar-refractivity contribution in [3.63, 3.8) is 0 Å². The van der Waals surface area contributed by atoms with E-state index in [-0.39, 0.29) is 23.9 Å². The molecule has 4 nitrogen and oxygen atoms in total. The molecule has 1 atom stereocenters. The smallest absolute Gasteiger partial charge is 0.229 e. The van der Waals surface area contributed by atoms with Crippen molar-refractivity contribution >= 4 is 33.4 Å². The molecule has 1 aliphatic heterocycles. The molecular formula is C15H18BrFN2O2. The Balaban J connectivity index is 1.96. The van der Waals surface area contributed by atoms with E-state index in [4.69, 9.17) is 0 Å². The Hall–Kier alpha value is -1.43. The molecular weight excluding hydrogens is 339 g/mol. The van der Waals surface area contributed by atoms with Crippen LogP contribution in [0.25, 0.3) is 0 Å². The minimum Gasteiger partial charge on any atom is -0.342 e. The molecule has 1 aromatic rings. The number of unbranched alkanes of at least 4 members (excludes halogenated alkanes) is 1. The van der Waals surface area contributed by atoms with Gasteiger partial charge >= 0.3 is 0 Å². The third-order valence-electron chi connectivity index (χ3n) is 3.56. The van der Waals surface area contributed by atoms with Gasteiger partial charge in [0.25, 0.3) is 0 Å². The molecule has 21 heavy (non-hydrogen) atoms. The normalized spacial score (nSPS) is 18.1. The molecule has 1 aromatic carbocycles. The van der Waals surface area contributed by atoms with Crippen molar-refractivity contribution in [2.45, 2.75) is 26.2 Å². The predicted octanol–water partition coefficient (Wildman–Crippen LogP) is 3.18. The zero-order valence-electron chi connectivity index (χ0n) is 11.9. The van der Waals surface area contributed by atoms with Gasteiger partial charge in [-0.1, -0.05) is 29.3 Å². The summed E-state index contributed by atoms with van der Waals surface area (Å²) in [7, 11) is 0. The number of amides is 2. The lowest BCUT2D eigenvalue weighted by molar-refractivity contribution is -0.128. The summed E-state index contributed by atoms with van der Waals surface area (Å²) in [6, 6.07) is 4.46. The summed E-state index contributed by atoms with van der Waals surface area (Å²) >= 11 is 3.16. The van der Waals surface area contributed by atoms with Gasteiger partial charge in [0.15, 0.2) is 0 Å². The minimum atomic E-state index is -0.495. The van der Waals surface area contributed by atoms with Gasteiger partial charge in [-0.25, -0.2) is 4.39 Å². The summed E-state index contributed by atoms with van der Waals surface area (Å²) in [6.45, 7) is 3.16. The lowest BCUT2D eigenvalue weighted by Crippen LogP contribution is -2.29. The van der Waals surface area contributed by atoms with E-state index in [1.54, 1.807) is 11.0 Å². The third-order valence-corrected chi connectivity index (χ3v) is 4.05. The summed E-state index contributed by atoms with van der Waals surface area (Å²) in [5.74, 6) is -1.20. The highest BCUT2D eigenvalue weighted by atomic mass is 79.9. The van der Waals surface area contributed by atoms with Gasteiger partial charge in [-0.2, -0.15) is 0 Å². The van der Waals surface area contributed by atoms with Crippen LogP contribution in [0.1, 0.15) is 26.2 Å². The number of anilines is 1. The second kappa shape index (κ2) is 7.02. The average Bonchev–Trinajstić information content (AvgIpc) is 2.81. The minimum absolute atomic E-state index is 0.000113. The number of nitrogens with one attached hydrogen (secondary N) is 1. The van der Waals surface area contributed by atoms with E-state index >= 15 is 0 Å². The maximum Gasteiger partial charge on any atom is 0.229 e. The predicted molar refractivity (Wildman–Crippen MR) is 82.3 cm³/mol. The van der Waals surface area contributed by atoms with Crippen LogP contribution in [0.15, 0.2) is 22.7 Å². The lowest BCUT2D eigenvalue weighted by atomic mass is 10.1. The van der Waals surface area contributed by atoms with Gasteiger partial charge < -0.3 is 10.2 Å². The molecule has 0 bridgehead atoms. The van der Waals surface area contributed by atoms with Crippen LogP contribution in [-0.4, -0.2) is 29.8 Å². The summed E-state index contributed by atoms with van der Waals surface area (Å²) in [5.41, 5.74) is 0.141. The van der Waals surface area contributed by atoms with Gasteiger partial charge in [-0.3, -0.25) is 9.59 Å². The lowest BCUT2D eigenvalue weighted by Gasteiger charge is -2.16. The van der Waals surface area contributed by atoms with E-state index in [9.17, 15) is 14.0 Å². The van der Waals surface area contributed by atoms with E-state index in [0.717, 1.165) is 12.8 Å². The number of carbonyl (C=O) groups is 2. The molecule has 0 unspecified atom stereocenters. The maximum atomic E-state index is 13.7. The Morgan fingerprint density at radius 1 is 1.52 bits per heavy atom. The zero-order chi connectivity index (χ0) is 15.4. The molecule has 0 saturated carbocycles. The Morgan fingerprint density at radius 2 is 2.29 bits per heavy atom. The molecule has 2 amide bonds.